The molecule has 1 rings (SSSR count). The van der Waals surface area contributed by atoms with Gasteiger partial charge in [0, 0.05) is 31.9 Å². The third kappa shape index (κ3) is 2.91. The van der Waals surface area contributed by atoms with Gasteiger partial charge in [0.25, 0.3) is 0 Å². The van der Waals surface area contributed by atoms with Crippen molar-refractivity contribution in [1.29, 1.82) is 0 Å². The van der Waals surface area contributed by atoms with Crippen LogP contribution < -0.4 is 0 Å². The highest BCUT2D eigenvalue weighted by Crippen LogP contribution is 1.97. The van der Waals surface area contributed by atoms with E-state index in [1.165, 1.54) is 4.90 Å². The monoisotopic (exact) mass is 182 g/mol. The Morgan fingerprint density at radius 3 is 3.00 bits per heavy atom. The molecule has 0 saturated carbocycles. The van der Waals surface area contributed by atoms with Crippen LogP contribution in [0.2, 0.25) is 0 Å². The summed E-state index contributed by atoms with van der Waals surface area (Å²) >= 11 is 0. The molecular formula is C9H14N2O2. The van der Waals surface area contributed by atoms with Gasteiger partial charge in [0.15, 0.2) is 0 Å². The number of nitrogens with one attached hydrogen (secondary N) is 1. The molecule has 0 aliphatic rings. The van der Waals surface area contributed by atoms with E-state index in [0.29, 0.717) is 6.54 Å². The number of nitrogens with zero attached hydrogens (tertiary/aromatic N) is 1. The molecule has 0 saturated heterocycles. The van der Waals surface area contributed by atoms with E-state index in [1.807, 2.05) is 18.3 Å². The highest BCUT2D eigenvalue weighted by atomic mass is 16.3. The van der Waals surface area contributed by atoms with E-state index in [4.69, 9.17) is 5.11 Å². The van der Waals surface area contributed by atoms with Crippen molar-refractivity contribution >= 4 is 5.91 Å². The van der Waals surface area contributed by atoms with Crippen LogP contribution in [0.3, 0.4) is 0 Å². The molecule has 1 amide bonds. The number of hydrogen-bond acceptors (Lipinski definition) is 2. The molecular weight excluding hydrogens is 168 g/mol. The van der Waals surface area contributed by atoms with Gasteiger partial charge in [-0.3, -0.25) is 4.79 Å². The van der Waals surface area contributed by atoms with Gasteiger partial charge in [0.05, 0.1) is 0 Å². The Bertz CT molecular complexity index is 257. The molecule has 0 unspecified atom stereocenters. The fraction of sp³-hybridized carbons (Fsp3) is 0.444. The van der Waals surface area contributed by atoms with Gasteiger partial charge >= 0.3 is 0 Å². The molecule has 1 aromatic heterocycles. The smallest absolute Gasteiger partial charge is 0.248 e. The van der Waals surface area contributed by atoms with Crippen molar-refractivity contribution in [2.75, 3.05) is 20.2 Å². The Morgan fingerprint density at radius 2 is 2.46 bits per heavy atom. The number of likely N-dealkylation sites (N-methyl/N-ethyl adjacent to an activating group) is 1. The maximum atomic E-state index is 10.9. The van der Waals surface area contributed by atoms with E-state index >= 15 is 0 Å². The summed E-state index contributed by atoms with van der Waals surface area (Å²) < 4.78 is 0. The SMILES string of the molecule is CN(CCc1ccc[nH]1)C(=O)CO. The van der Waals surface area contributed by atoms with Crippen molar-refractivity contribution in [3.05, 3.63) is 24.0 Å². The van der Waals surface area contributed by atoms with Crippen molar-refractivity contribution < 1.29 is 9.90 Å². The predicted molar refractivity (Wildman–Crippen MR) is 49.2 cm³/mol. The molecule has 1 aromatic rings. The molecule has 0 radical (unpaired) electrons. The first-order valence-corrected chi connectivity index (χ1v) is 4.21. The summed E-state index contributed by atoms with van der Waals surface area (Å²) in [6.07, 6.45) is 2.64. The maximum absolute atomic E-state index is 10.9. The van der Waals surface area contributed by atoms with E-state index in [9.17, 15) is 4.79 Å². The number of carbonyl (C=O) groups excluding carboxylic acids is 1. The van der Waals surface area contributed by atoms with Crippen molar-refractivity contribution in [2.24, 2.45) is 0 Å². The number of aromatic nitrogens is 1. The van der Waals surface area contributed by atoms with Crippen LogP contribution in [0.4, 0.5) is 0 Å². The van der Waals surface area contributed by atoms with Crippen LogP contribution in [-0.2, 0) is 11.2 Å². The highest BCUT2D eigenvalue weighted by molar-refractivity contribution is 5.76. The minimum Gasteiger partial charge on any atom is -0.387 e. The van der Waals surface area contributed by atoms with Gasteiger partial charge in [-0.05, 0) is 12.1 Å². The average Bonchev–Trinajstić information content (AvgIpc) is 2.65. The van der Waals surface area contributed by atoms with Crippen molar-refractivity contribution in [3.63, 3.8) is 0 Å². The number of aromatic amines is 1. The Balaban J connectivity index is 2.30. The Labute approximate surface area is 77.2 Å². The van der Waals surface area contributed by atoms with E-state index in [0.717, 1.165) is 12.1 Å². The van der Waals surface area contributed by atoms with E-state index in [1.54, 1.807) is 7.05 Å². The van der Waals surface area contributed by atoms with Gasteiger partial charge < -0.3 is 15.0 Å². The second-order valence-corrected chi connectivity index (χ2v) is 2.92. The molecule has 4 nitrogen and oxygen atoms in total. The van der Waals surface area contributed by atoms with Crippen molar-refractivity contribution in [2.45, 2.75) is 6.42 Å². The second-order valence-electron chi connectivity index (χ2n) is 2.92. The van der Waals surface area contributed by atoms with Gasteiger partial charge in [-0.15, -0.1) is 0 Å². The summed E-state index contributed by atoms with van der Waals surface area (Å²) in [5.74, 6) is -0.244. The van der Waals surface area contributed by atoms with Crippen LogP contribution >= 0.6 is 0 Å². The van der Waals surface area contributed by atoms with Gasteiger partial charge in [-0.2, -0.15) is 0 Å². The van der Waals surface area contributed by atoms with Crippen molar-refractivity contribution in [1.82, 2.24) is 9.88 Å². The van der Waals surface area contributed by atoms with Crippen LogP contribution in [0.25, 0.3) is 0 Å². The number of H-pyrrole nitrogens is 1. The standard InChI is InChI=1S/C9H14N2O2/c1-11(9(13)7-12)6-4-8-3-2-5-10-8/h2-3,5,10,12H,4,6-7H2,1H3. The lowest BCUT2D eigenvalue weighted by Crippen LogP contribution is -2.31. The molecule has 13 heavy (non-hydrogen) atoms. The lowest BCUT2D eigenvalue weighted by atomic mass is 10.3. The quantitative estimate of drug-likeness (QED) is 0.689. The summed E-state index contributed by atoms with van der Waals surface area (Å²) in [4.78, 5) is 15.5. The number of amides is 1. The lowest BCUT2D eigenvalue weighted by molar-refractivity contribution is -0.132. The second kappa shape index (κ2) is 4.67. The van der Waals surface area contributed by atoms with Crippen molar-refractivity contribution in [3.8, 4) is 0 Å². The minimum atomic E-state index is -0.415. The van der Waals surface area contributed by atoms with Crippen LogP contribution in [-0.4, -0.2) is 41.1 Å². The van der Waals surface area contributed by atoms with Crippen LogP contribution in [0.15, 0.2) is 18.3 Å². The fourth-order valence-electron chi connectivity index (χ4n) is 1.06. The molecule has 72 valence electrons. The van der Waals surface area contributed by atoms with Gasteiger partial charge in [0.2, 0.25) is 5.91 Å². The third-order valence-corrected chi connectivity index (χ3v) is 1.94. The summed E-state index contributed by atoms with van der Waals surface area (Å²) in [6, 6.07) is 3.89. The molecule has 0 aromatic carbocycles. The molecule has 4 heteroatoms. The molecule has 0 aliphatic heterocycles. The van der Waals surface area contributed by atoms with Crippen LogP contribution in [0, 0.1) is 0 Å². The largest absolute Gasteiger partial charge is 0.387 e. The average molecular weight is 182 g/mol. The Hall–Kier alpha value is -1.29. The van der Waals surface area contributed by atoms with Gasteiger partial charge in [0.1, 0.15) is 6.61 Å². The van der Waals surface area contributed by atoms with Gasteiger partial charge in [-0.1, -0.05) is 0 Å². The zero-order valence-electron chi connectivity index (χ0n) is 7.66. The molecule has 0 spiro atoms. The summed E-state index contributed by atoms with van der Waals surface area (Å²) in [7, 11) is 1.68. The Kier molecular flexibility index (Phi) is 3.52. The fourth-order valence-corrected chi connectivity index (χ4v) is 1.06. The molecule has 0 atom stereocenters. The zero-order chi connectivity index (χ0) is 9.68. The topological polar surface area (TPSA) is 56.3 Å². The Morgan fingerprint density at radius 1 is 1.69 bits per heavy atom. The maximum Gasteiger partial charge on any atom is 0.248 e. The van der Waals surface area contributed by atoms with E-state index in [2.05, 4.69) is 4.98 Å². The number of hydrogen-bond donors (Lipinski definition) is 2. The van der Waals surface area contributed by atoms with Crippen LogP contribution in [0.5, 0.6) is 0 Å². The number of carbonyl (C=O) groups is 1. The summed E-state index contributed by atoms with van der Waals surface area (Å²) in [5.41, 5.74) is 1.09. The number of rotatable bonds is 4. The number of aliphatic hydroxyl groups excluding tert-OH is 1. The number of aliphatic hydroxyl groups is 1. The molecule has 0 bridgehead atoms. The lowest BCUT2D eigenvalue weighted by Gasteiger charge is -2.14. The summed E-state index contributed by atoms with van der Waals surface area (Å²) in [6.45, 7) is 0.209. The molecule has 0 fully saturated rings. The predicted octanol–water partition coefficient (Wildman–Crippen LogP) is 0.00790. The molecule has 2 N–H and O–H groups in total. The minimum absolute atomic E-state index is 0.244. The first-order chi connectivity index (χ1) is 6.24. The van der Waals surface area contributed by atoms with E-state index < -0.39 is 6.61 Å². The first kappa shape index (κ1) is 9.80. The van der Waals surface area contributed by atoms with E-state index in [-0.39, 0.29) is 5.91 Å². The van der Waals surface area contributed by atoms with Gasteiger partial charge in [-0.25, -0.2) is 0 Å². The molecule has 1 heterocycles. The third-order valence-electron chi connectivity index (χ3n) is 1.94. The first-order valence-electron chi connectivity index (χ1n) is 4.21. The van der Waals surface area contributed by atoms with Crippen LogP contribution in [0.1, 0.15) is 5.69 Å². The normalized spacial score (nSPS) is 10.0. The highest BCUT2D eigenvalue weighted by Gasteiger charge is 2.05. The molecule has 0 aliphatic carbocycles. The summed E-state index contributed by atoms with van der Waals surface area (Å²) in [5, 5.41) is 8.56. The zero-order valence-corrected chi connectivity index (χ0v) is 7.66.